The monoisotopic (exact) mass is 1180 g/mol. The number of benzene rings is 1. The van der Waals surface area contributed by atoms with Gasteiger partial charge < -0.3 is 34.9 Å². The van der Waals surface area contributed by atoms with Crippen LogP contribution in [0.3, 0.4) is 0 Å². The molecule has 0 saturated carbocycles. The summed E-state index contributed by atoms with van der Waals surface area (Å²) in [5.41, 5.74) is 0.268. The van der Waals surface area contributed by atoms with Crippen molar-refractivity contribution in [1.29, 1.82) is 0 Å². The maximum atomic E-state index is 14.3. The molecule has 0 bridgehead atoms. The number of Topliss-reactive ketones (excluding diaryl/α,β-unsaturated/α-hetero) is 1. The Bertz CT molecular complexity index is 2590. The molecule has 24 nitrogen and oxygen atoms in total. The maximum Gasteiger partial charge on any atom is 0.303 e. The number of carbonyl (C=O) groups is 9. The molecule has 0 radical (unpaired) electrons. The highest BCUT2D eigenvalue weighted by molar-refractivity contribution is 7.57. The van der Waals surface area contributed by atoms with Crippen molar-refractivity contribution in [3.05, 3.63) is 64.1 Å². The first kappa shape index (κ1) is 68.4. The molecule has 5 atom stereocenters. The number of hydrogen-bond donors (Lipinski definition) is 6. The van der Waals surface area contributed by atoms with Gasteiger partial charge in [-0.3, -0.25) is 62.4 Å². The summed E-state index contributed by atoms with van der Waals surface area (Å²) < 4.78 is 30.7. The van der Waals surface area contributed by atoms with Crippen LogP contribution in [0.5, 0.6) is 5.75 Å². The first-order valence-corrected chi connectivity index (χ1v) is 30.4. The molecule has 2 aliphatic rings. The van der Waals surface area contributed by atoms with Gasteiger partial charge in [-0.15, -0.1) is 11.3 Å². The van der Waals surface area contributed by atoms with E-state index in [0.29, 0.717) is 24.3 Å². The number of phenolic OH excluding ortho intramolecular Hbond substituents is 1. The summed E-state index contributed by atoms with van der Waals surface area (Å²) in [6.45, 7) is 15.2. The smallest absolute Gasteiger partial charge is 0.303 e. The van der Waals surface area contributed by atoms with Crippen LogP contribution in [0.25, 0.3) is 0 Å². The maximum absolute atomic E-state index is 14.3. The van der Waals surface area contributed by atoms with E-state index in [-0.39, 0.29) is 125 Å². The van der Waals surface area contributed by atoms with Crippen LogP contribution in [0.1, 0.15) is 121 Å². The molecule has 3 heterocycles. The van der Waals surface area contributed by atoms with Gasteiger partial charge >= 0.3 is 5.97 Å². The van der Waals surface area contributed by atoms with Crippen molar-refractivity contribution < 1.29 is 67.0 Å². The molecule has 7 amide bonds. The van der Waals surface area contributed by atoms with E-state index in [1.165, 1.54) is 24.3 Å². The van der Waals surface area contributed by atoms with Crippen LogP contribution in [0.2, 0.25) is 0 Å². The number of nitrogens with zero attached hydrogens (tertiary/aromatic N) is 5. The summed E-state index contributed by atoms with van der Waals surface area (Å²) in [6, 6.07) is 4.03. The Hall–Kier alpha value is -6.05. The van der Waals surface area contributed by atoms with E-state index in [1.807, 2.05) is 67.5 Å². The van der Waals surface area contributed by atoms with E-state index in [9.17, 15) is 52.8 Å². The highest BCUT2D eigenvalue weighted by Crippen LogP contribution is 2.34. The predicted molar refractivity (Wildman–Crippen MR) is 309 cm³/mol. The highest BCUT2D eigenvalue weighted by atomic mass is 32.1. The summed E-state index contributed by atoms with van der Waals surface area (Å²) in [7, 11) is 1.82. The van der Waals surface area contributed by atoms with Crippen molar-refractivity contribution in [3.8, 4) is 5.75 Å². The number of likely N-dealkylation sites (N-methyl/N-ethyl adjacent to an activating group) is 1. The summed E-state index contributed by atoms with van der Waals surface area (Å²) in [6.07, 6.45) is 6.32. The minimum atomic E-state index is -3.59. The van der Waals surface area contributed by atoms with Gasteiger partial charge in [0.15, 0.2) is 11.9 Å². The van der Waals surface area contributed by atoms with Gasteiger partial charge in [-0.2, -0.15) is 0 Å². The molecule has 0 aliphatic carbocycles. The zero-order chi connectivity index (χ0) is 60.9. The second-order valence-corrected chi connectivity index (χ2v) is 24.5. The van der Waals surface area contributed by atoms with Crippen LogP contribution in [0, 0.1) is 17.8 Å². The first-order valence-electron chi connectivity index (χ1n) is 27.8. The largest absolute Gasteiger partial charge is 0.506 e. The van der Waals surface area contributed by atoms with Crippen LogP contribution in [0.15, 0.2) is 47.9 Å². The van der Waals surface area contributed by atoms with Crippen molar-refractivity contribution in [1.82, 2.24) is 45.2 Å². The van der Waals surface area contributed by atoms with Crippen molar-refractivity contribution in [2.45, 2.75) is 124 Å². The fraction of sp³-hybridized carbons (Fsp3) is 0.607. The number of aromatic nitrogens is 1. The molecule has 2 aromatic rings. The summed E-state index contributed by atoms with van der Waals surface area (Å²) in [5.74, 6) is -4.43. The molecule has 1 aromatic carbocycles. The number of carbonyl (C=O) groups excluding carboxylic acids is 9. The Kier molecular flexibility index (Phi) is 27.3. The number of thiazole rings is 1. The van der Waals surface area contributed by atoms with Gasteiger partial charge in [0.1, 0.15) is 16.5 Å². The minimum absolute atomic E-state index is 0.0256. The van der Waals surface area contributed by atoms with Gasteiger partial charge in [-0.25, -0.2) is 20.2 Å². The molecular weight excluding hydrogens is 1100 g/mol. The number of rotatable bonds is 38. The van der Waals surface area contributed by atoms with Gasteiger partial charge in [0.2, 0.25) is 11.8 Å². The number of aromatic hydroxyl groups is 1. The van der Waals surface area contributed by atoms with Crippen LogP contribution in [-0.2, 0) is 63.6 Å². The van der Waals surface area contributed by atoms with Crippen LogP contribution in [-0.4, -0.2) is 181 Å². The second-order valence-electron chi connectivity index (χ2n) is 21.4. The molecule has 6 N–H and O–H groups in total. The van der Waals surface area contributed by atoms with E-state index in [0.717, 1.165) is 46.1 Å². The Morgan fingerprint density at radius 3 is 1.94 bits per heavy atom. The molecule has 0 fully saturated rings. The number of imide groups is 2. The lowest BCUT2D eigenvalue weighted by Gasteiger charge is -2.38. The van der Waals surface area contributed by atoms with E-state index in [1.54, 1.807) is 29.5 Å². The normalized spacial score (nSPS) is 15.6. The van der Waals surface area contributed by atoms with Gasteiger partial charge in [-0.05, 0) is 70.3 Å². The zero-order valence-corrected chi connectivity index (χ0v) is 51.0. The van der Waals surface area contributed by atoms with Crippen LogP contribution >= 0.6 is 18.9 Å². The Morgan fingerprint density at radius 2 is 1.40 bits per heavy atom. The number of esters is 1. The standard InChI is InChI=1S/C56H85N10O14PS/c1-12-14-40(60-53(75)43-35-82-54(62-43)46(80-38(6)67)34-44(36(3)4)64(11)55(76)41(37(5)13-2)33-47(69)56(7,8)63(9)10)31-39-15-16-45(68)42(32-39)61-48(70)21-27-78-29-30-79-28-24-59-81(77,57-22-25-65-49(71)17-18-50(65)72)58-23-26-66-51(73)19-20-52(66)74/h15-20,32,35-37,40-41,44,46,68H,12-14,21-31,33-34H2,1-11H3,(H,60,75)(H,61,70)(H3,57,58,59,77)/t37-,40+,41-,44+,46+/m0/s1. The van der Waals surface area contributed by atoms with E-state index in [4.69, 9.17) is 14.2 Å². The van der Waals surface area contributed by atoms with Gasteiger partial charge in [-0.1, -0.05) is 53.5 Å². The summed E-state index contributed by atoms with van der Waals surface area (Å²) >= 11 is 1.17. The topological polar surface area (TPSA) is 305 Å². The lowest BCUT2D eigenvalue weighted by atomic mass is 9.81. The average Bonchev–Trinajstić information content (AvgIpc) is 4.24. The molecule has 26 heteroatoms. The molecule has 82 heavy (non-hydrogen) atoms. The number of phenols is 1. The SMILES string of the molecule is CCC[C@H](Cc1ccc(O)c(NC(=O)CCOCCOCCNP(=O)(NCCN2C(=O)C=CC2=O)NCCN2C(=O)C=CC2=O)c1)NC(=O)c1csc([C@@H](C[C@H](C(C)C)N(C)C(=O)[C@@H](CC(=O)C(C)(C)N(C)C)[C@@H](C)CC)OC(C)=O)n1. The Labute approximate surface area is 485 Å². The van der Waals surface area contributed by atoms with E-state index < -0.39 is 72.6 Å². The van der Waals surface area contributed by atoms with E-state index >= 15 is 0 Å². The Morgan fingerprint density at radius 1 is 0.829 bits per heavy atom. The quantitative estimate of drug-likeness (QED) is 0.0177. The van der Waals surface area contributed by atoms with Crippen molar-refractivity contribution in [2.75, 3.05) is 85.6 Å². The number of ether oxygens (including phenoxy) is 3. The predicted octanol–water partition coefficient (Wildman–Crippen LogP) is 4.52. The molecule has 1 aromatic heterocycles. The lowest BCUT2D eigenvalue weighted by Crippen LogP contribution is -2.50. The molecule has 0 unspecified atom stereocenters. The summed E-state index contributed by atoms with van der Waals surface area (Å²) in [5, 5.41) is 26.9. The van der Waals surface area contributed by atoms with Gasteiger partial charge in [0, 0.05) is 107 Å². The van der Waals surface area contributed by atoms with Crippen molar-refractivity contribution in [3.63, 3.8) is 0 Å². The van der Waals surface area contributed by atoms with Crippen LogP contribution < -0.4 is 25.9 Å². The third-order valence-electron chi connectivity index (χ3n) is 14.6. The molecule has 2 aliphatic heterocycles. The molecule has 454 valence electrons. The number of nitrogens with one attached hydrogen (secondary N) is 5. The van der Waals surface area contributed by atoms with Gasteiger partial charge in [0.25, 0.3) is 37.1 Å². The number of amides is 7. The molecule has 4 rings (SSSR count). The van der Waals surface area contributed by atoms with Crippen molar-refractivity contribution in [2.24, 2.45) is 17.8 Å². The van der Waals surface area contributed by atoms with Crippen molar-refractivity contribution >= 4 is 77.7 Å². The number of anilines is 1. The molecular formula is C56H85N10O14PS. The second kappa shape index (κ2) is 32.7. The fourth-order valence-corrected chi connectivity index (χ4v) is 11.4. The highest BCUT2D eigenvalue weighted by Gasteiger charge is 2.39. The lowest BCUT2D eigenvalue weighted by molar-refractivity contribution is -0.150. The number of hydrogen-bond acceptors (Lipinski definition) is 17. The molecule has 0 saturated heterocycles. The van der Waals surface area contributed by atoms with Crippen LogP contribution in [0.4, 0.5) is 5.69 Å². The first-order chi connectivity index (χ1) is 38.7. The number of ketones is 1. The summed E-state index contributed by atoms with van der Waals surface area (Å²) in [4.78, 5) is 125. The minimum Gasteiger partial charge on any atom is -0.506 e. The average molecular weight is 1190 g/mol. The fourth-order valence-electron chi connectivity index (χ4n) is 8.99. The van der Waals surface area contributed by atoms with Gasteiger partial charge in [0.05, 0.1) is 44.1 Å². The molecule has 0 spiro atoms. The third kappa shape index (κ3) is 20.7. The third-order valence-corrected chi connectivity index (χ3v) is 17.6. The zero-order valence-electron chi connectivity index (χ0n) is 49.2. The Balaban J connectivity index is 1.27. The van der Waals surface area contributed by atoms with E-state index in [2.05, 4.69) is 30.9 Å².